The summed E-state index contributed by atoms with van der Waals surface area (Å²) < 4.78 is 28.9. The molecule has 0 radical (unpaired) electrons. The Labute approximate surface area is 143 Å². The molecule has 1 aliphatic heterocycles. The molecular formula is C17H36O5Si. The van der Waals surface area contributed by atoms with Crippen molar-refractivity contribution in [1.82, 2.24) is 0 Å². The Bertz CT molecular complexity index is 255. The minimum absolute atomic E-state index is 0.0395. The van der Waals surface area contributed by atoms with E-state index in [-0.39, 0.29) is 6.29 Å². The van der Waals surface area contributed by atoms with Gasteiger partial charge in [0.2, 0.25) is 0 Å². The number of ether oxygens (including phenoxy) is 2. The van der Waals surface area contributed by atoms with Gasteiger partial charge in [-0.2, -0.15) is 0 Å². The number of rotatable bonds is 14. The first-order valence-corrected chi connectivity index (χ1v) is 11.3. The molecule has 0 bridgehead atoms. The van der Waals surface area contributed by atoms with Crippen molar-refractivity contribution in [1.29, 1.82) is 0 Å². The van der Waals surface area contributed by atoms with Crippen molar-refractivity contribution in [2.24, 2.45) is 0 Å². The lowest BCUT2D eigenvalue weighted by Gasteiger charge is -2.28. The predicted octanol–water partition coefficient (Wildman–Crippen LogP) is 4.14. The van der Waals surface area contributed by atoms with Gasteiger partial charge in [-0.05, 0) is 52.9 Å². The lowest BCUT2D eigenvalue weighted by molar-refractivity contribution is -0.162. The number of hydrogen-bond acceptors (Lipinski definition) is 5. The standard InChI is InChI=1S/C17H36O5Si/c1-4-20-23(21-5-2,22-6-3)16-12-8-7-10-14-18-17-13-9-11-15-19-17/h17H,4-16H2,1-3H3. The molecule has 1 fully saturated rings. The van der Waals surface area contributed by atoms with Crippen molar-refractivity contribution < 1.29 is 22.8 Å². The minimum Gasteiger partial charge on any atom is -0.374 e. The average Bonchev–Trinajstić information content (AvgIpc) is 2.56. The molecule has 1 rings (SSSR count). The van der Waals surface area contributed by atoms with Crippen molar-refractivity contribution in [3.63, 3.8) is 0 Å². The minimum atomic E-state index is -2.44. The molecule has 1 aliphatic rings. The highest BCUT2D eigenvalue weighted by atomic mass is 28.4. The fourth-order valence-electron chi connectivity index (χ4n) is 2.86. The molecule has 0 saturated carbocycles. The molecule has 0 aromatic carbocycles. The van der Waals surface area contributed by atoms with Crippen molar-refractivity contribution in [2.45, 2.75) is 78.1 Å². The van der Waals surface area contributed by atoms with Crippen LogP contribution >= 0.6 is 0 Å². The molecule has 0 aliphatic carbocycles. The number of unbranched alkanes of at least 4 members (excludes halogenated alkanes) is 3. The zero-order valence-corrected chi connectivity index (χ0v) is 16.3. The van der Waals surface area contributed by atoms with E-state index in [9.17, 15) is 0 Å². The van der Waals surface area contributed by atoms with Gasteiger partial charge in [-0.25, -0.2) is 0 Å². The molecule has 138 valence electrons. The fraction of sp³-hybridized carbons (Fsp3) is 1.00. The second-order valence-electron chi connectivity index (χ2n) is 5.81. The van der Waals surface area contributed by atoms with Gasteiger partial charge in [0.1, 0.15) is 0 Å². The van der Waals surface area contributed by atoms with Crippen molar-refractivity contribution in [3.05, 3.63) is 0 Å². The second kappa shape index (κ2) is 13.3. The van der Waals surface area contributed by atoms with E-state index in [1.54, 1.807) is 0 Å². The smallest absolute Gasteiger partial charge is 0.374 e. The maximum absolute atomic E-state index is 5.87. The van der Waals surface area contributed by atoms with Crippen LogP contribution in [0.15, 0.2) is 0 Å². The van der Waals surface area contributed by atoms with Crippen LogP contribution in [0.2, 0.25) is 6.04 Å². The van der Waals surface area contributed by atoms with Crippen LogP contribution in [0.1, 0.15) is 65.7 Å². The Hall–Kier alpha value is 0.0169. The van der Waals surface area contributed by atoms with Crippen molar-refractivity contribution in [2.75, 3.05) is 33.0 Å². The van der Waals surface area contributed by atoms with E-state index in [0.717, 1.165) is 44.9 Å². The van der Waals surface area contributed by atoms with Gasteiger partial charge < -0.3 is 22.8 Å². The maximum Gasteiger partial charge on any atom is 0.500 e. The summed E-state index contributed by atoms with van der Waals surface area (Å²) in [6.07, 6.45) is 7.99. The third-order valence-corrected chi connectivity index (χ3v) is 7.06. The molecule has 23 heavy (non-hydrogen) atoms. The average molecular weight is 349 g/mol. The molecule has 0 amide bonds. The largest absolute Gasteiger partial charge is 0.500 e. The summed E-state index contributed by atoms with van der Waals surface area (Å²) in [7, 11) is -2.44. The van der Waals surface area contributed by atoms with E-state index in [2.05, 4.69) is 0 Å². The summed E-state index contributed by atoms with van der Waals surface area (Å²) in [4.78, 5) is 0. The molecule has 0 spiro atoms. The topological polar surface area (TPSA) is 46.2 Å². The first kappa shape index (κ1) is 21.1. The van der Waals surface area contributed by atoms with Crippen LogP contribution in [-0.4, -0.2) is 48.1 Å². The molecule has 6 heteroatoms. The lowest BCUT2D eigenvalue weighted by Crippen LogP contribution is -2.45. The van der Waals surface area contributed by atoms with Gasteiger partial charge in [-0.15, -0.1) is 0 Å². The SMILES string of the molecule is CCO[Si](CCCCCCOC1CCCCO1)(OCC)OCC. The summed E-state index contributed by atoms with van der Waals surface area (Å²) in [5.74, 6) is 0. The van der Waals surface area contributed by atoms with E-state index in [1.165, 1.54) is 19.3 Å². The molecule has 5 nitrogen and oxygen atoms in total. The number of hydrogen-bond donors (Lipinski definition) is 0. The molecule has 1 heterocycles. The molecule has 0 aromatic rings. The van der Waals surface area contributed by atoms with Crippen LogP contribution in [0.5, 0.6) is 0 Å². The monoisotopic (exact) mass is 348 g/mol. The quantitative estimate of drug-likeness (QED) is 0.349. The first-order chi connectivity index (χ1) is 11.3. The molecule has 0 N–H and O–H groups in total. The summed E-state index contributed by atoms with van der Waals surface area (Å²) in [6, 6.07) is 0.912. The van der Waals surface area contributed by atoms with Crippen LogP contribution in [0, 0.1) is 0 Å². The maximum atomic E-state index is 5.87. The van der Waals surface area contributed by atoms with Gasteiger partial charge in [0.25, 0.3) is 0 Å². The zero-order chi connectivity index (χ0) is 16.8. The molecule has 1 atom stereocenters. The fourth-order valence-corrected chi connectivity index (χ4v) is 5.54. The first-order valence-electron chi connectivity index (χ1n) is 9.41. The summed E-state index contributed by atoms with van der Waals surface area (Å²) in [6.45, 7) is 9.63. The van der Waals surface area contributed by atoms with Gasteiger partial charge >= 0.3 is 8.80 Å². The lowest BCUT2D eigenvalue weighted by atomic mass is 10.2. The Morgan fingerprint density at radius 2 is 1.52 bits per heavy atom. The van der Waals surface area contributed by atoms with E-state index in [1.807, 2.05) is 20.8 Å². The van der Waals surface area contributed by atoms with Crippen LogP contribution in [-0.2, 0) is 22.8 Å². The summed E-state index contributed by atoms with van der Waals surface area (Å²) in [5.41, 5.74) is 0. The Balaban J connectivity index is 2.10. The van der Waals surface area contributed by atoms with E-state index in [0.29, 0.717) is 19.8 Å². The van der Waals surface area contributed by atoms with Crippen LogP contribution in [0.3, 0.4) is 0 Å². The van der Waals surface area contributed by atoms with E-state index in [4.69, 9.17) is 22.8 Å². The van der Waals surface area contributed by atoms with Gasteiger partial charge in [0.15, 0.2) is 6.29 Å². The van der Waals surface area contributed by atoms with Crippen molar-refractivity contribution >= 4 is 8.80 Å². The highest BCUT2D eigenvalue weighted by molar-refractivity contribution is 6.60. The Morgan fingerprint density at radius 3 is 2.09 bits per heavy atom. The highest BCUT2D eigenvalue weighted by Crippen LogP contribution is 2.20. The molecule has 1 saturated heterocycles. The Morgan fingerprint density at radius 1 is 0.870 bits per heavy atom. The van der Waals surface area contributed by atoms with Gasteiger partial charge in [0.05, 0.1) is 0 Å². The van der Waals surface area contributed by atoms with Gasteiger partial charge in [0, 0.05) is 39.1 Å². The van der Waals surface area contributed by atoms with Crippen molar-refractivity contribution in [3.8, 4) is 0 Å². The normalized spacial score (nSPS) is 19.2. The highest BCUT2D eigenvalue weighted by Gasteiger charge is 2.39. The third kappa shape index (κ3) is 9.17. The van der Waals surface area contributed by atoms with Crippen LogP contribution in [0.4, 0.5) is 0 Å². The molecular weight excluding hydrogens is 312 g/mol. The van der Waals surface area contributed by atoms with E-state index >= 15 is 0 Å². The molecule has 1 unspecified atom stereocenters. The summed E-state index contributed by atoms with van der Waals surface area (Å²) >= 11 is 0. The van der Waals surface area contributed by atoms with Crippen LogP contribution in [0.25, 0.3) is 0 Å². The van der Waals surface area contributed by atoms with Gasteiger partial charge in [-0.3, -0.25) is 0 Å². The van der Waals surface area contributed by atoms with E-state index < -0.39 is 8.80 Å². The predicted molar refractivity (Wildman–Crippen MR) is 93.5 cm³/mol. The van der Waals surface area contributed by atoms with Crippen LogP contribution < -0.4 is 0 Å². The van der Waals surface area contributed by atoms with Gasteiger partial charge in [-0.1, -0.05) is 12.8 Å². The zero-order valence-electron chi connectivity index (χ0n) is 15.3. The third-order valence-electron chi connectivity index (χ3n) is 3.91. The summed E-state index contributed by atoms with van der Waals surface area (Å²) in [5, 5.41) is 0. The molecule has 0 aromatic heterocycles. The Kier molecular flexibility index (Phi) is 12.2. The second-order valence-corrected chi connectivity index (χ2v) is 8.55.